The Balaban J connectivity index is 1.45. The fourth-order valence-electron chi connectivity index (χ4n) is 3.37. The average molecular weight is 461 g/mol. The number of nitrogens with zero attached hydrogens (tertiary/aromatic N) is 3. The Labute approximate surface area is 194 Å². The van der Waals surface area contributed by atoms with Crippen molar-refractivity contribution >= 4 is 29.0 Å². The molecule has 8 nitrogen and oxygen atoms in total. The highest BCUT2D eigenvalue weighted by atomic mass is 32.2. The van der Waals surface area contributed by atoms with Crippen molar-refractivity contribution in [3.05, 3.63) is 112 Å². The summed E-state index contributed by atoms with van der Waals surface area (Å²) in [7, 11) is 0. The normalized spacial score (nSPS) is 10.8. The molecule has 0 radical (unpaired) electrons. The molecule has 33 heavy (non-hydrogen) atoms. The number of aromatic nitrogens is 2. The van der Waals surface area contributed by atoms with Gasteiger partial charge in [-0.15, -0.1) is 10.2 Å². The van der Waals surface area contributed by atoms with Gasteiger partial charge >= 0.3 is 0 Å². The summed E-state index contributed by atoms with van der Waals surface area (Å²) >= 11 is 1.10. The zero-order chi connectivity index (χ0) is 23.2. The van der Waals surface area contributed by atoms with Crippen LogP contribution in [0.5, 0.6) is 0 Å². The maximum Gasteiger partial charge on any atom is 0.277 e. The molecular formula is C24H20N4O4S. The van der Waals surface area contributed by atoms with Gasteiger partial charge in [0.2, 0.25) is 11.8 Å². The smallest absolute Gasteiger partial charge is 0.277 e. The molecule has 0 unspecified atom stereocenters. The minimum Gasteiger partial charge on any atom is -0.415 e. The summed E-state index contributed by atoms with van der Waals surface area (Å²) in [5, 5.41) is 22.3. The SMILES string of the molecule is Cc1ccc(NC(=O)CSc2nnc(C(c3ccccc3)c3ccccc3)o2)cc1[N+](=O)[O-]. The summed E-state index contributed by atoms with van der Waals surface area (Å²) in [4.78, 5) is 23.0. The number of carbonyl (C=O) groups is 1. The maximum absolute atomic E-state index is 12.3. The third kappa shape index (κ3) is 5.45. The molecule has 4 aromatic rings. The van der Waals surface area contributed by atoms with E-state index in [4.69, 9.17) is 4.42 Å². The van der Waals surface area contributed by atoms with Gasteiger partial charge in [-0.2, -0.15) is 0 Å². The lowest BCUT2D eigenvalue weighted by Crippen LogP contribution is -2.14. The highest BCUT2D eigenvalue weighted by Gasteiger charge is 2.23. The molecule has 0 saturated heterocycles. The number of aryl methyl sites for hydroxylation is 1. The van der Waals surface area contributed by atoms with Gasteiger partial charge in [0.25, 0.3) is 10.9 Å². The quantitative estimate of drug-likeness (QED) is 0.219. The number of nitro groups is 1. The summed E-state index contributed by atoms with van der Waals surface area (Å²) in [5.41, 5.74) is 2.87. The standard InChI is InChI=1S/C24H20N4O4S/c1-16-12-13-19(14-20(16)28(30)31)25-21(29)15-33-24-27-26-23(32-24)22(17-8-4-2-5-9-17)18-10-6-3-7-11-18/h2-14,22H,15H2,1H3,(H,25,29). The van der Waals surface area contributed by atoms with Gasteiger partial charge in [-0.05, 0) is 24.1 Å². The number of amides is 1. The molecule has 0 aliphatic rings. The molecule has 0 aliphatic carbocycles. The fraction of sp³-hybridized carbons (Fsp3) is 0.125. The minimum absolute atomic E-state index is 0.0185. The van der Waals surface area contributed by atoms with E-state index in [9.17, 15) is 14.9 Å². The molecule has 0 saturated carbocycles. The summed E-state index contributed by atoms with van der Waals surface area (Å²) in [6.07, 6.45) is 0. The third-order valence-corrected chi connectivity index (χ3v) is 5.77. The number of hydrogen-bond acceptors (Lipinski definition) is 7. The number of nitrogens with one attached hydrogen (secondary N) is 1. The first-order valence-electron chi connectivity index (χ1n) is 10.1. The molecule has 0 bridgehead atoms. The van der Waals surface area contributed by atoms with Crippen molar-refractivity contribution < 1.29 is 14.1 Å². The maximum atomic E-state index is 12.3. The Bertz CT molecular complexity index is 1220. The molecule has 1 N–H and O–H groups in total. The molecule has 1 aromatic heterocycles. The first kappa shape index (κ1) is 22.2. The third-order valence-electron chi connectivity index (χ3n) is 4.95. The molecule has 0 aliphatic heterocycles. The highest BCUT2D eigenvalue weighted by Crippen LogP contribution is 2.32. The minimum atomic E-state index is -0.477. The van der Waals surface area contributed by atoms with E-state index in [2.05, 4.69) is 15.5 Å². The van der Waals surface area contributed by atoms with E-state index in [1.165, 1.54) is 6.07 Å². The van der Waals surface area contributed by atoms with E-state index >= 15 is 0 Å². The first-order valence-corrected chi connectivity index (χ1v) is 11.1. The second kappa shape index (κ2) is 10.1. The lowest BCUT2D eigenvalue weighted by Gasteiger charge is -2.13. The lowest BCUT2D eigenvalue weighted by atomic mass is 9.91. The van der Waals surface area contributed by atoms with Crippen LogP contribution in [0.2, 0.25) is 0 Å². The molecule has 1 heterocycles. The van der Waals surface area contributed by atoms with Crippen LogP contribution in [0, 0.1) is 17.0 Å². The van der Waals surface area contributed by atoms with Crippen LogP contribution in [0.25, 0.3) is 0 Å². The number of thioether (sulfide) groups is 1. The van der Waals surface area contributed by atoms with Gasteiger partial charge in [-0.3, -0.25) is 14.9 Å². The summed E-state index contributed by atoms with van der Waals surface area (Å²) < 4.78 is 5.89. The van der Waals surface area contributed by atoms with Crippen LogP contribution in [0.3, 0.4) is 0 Å². The van der Waals surface area contributed by atoms with Gasteiger partial charge in [0.05, 0.1) is 16.6 Å². The van der Waals surface area contributed by atoms with Crippen molar-refractivity contribution in [2.24, 2.45) is 0 Å². The van der Waals surface area contributed by atoms with Crippen LogP contribution < -0.4 is 5.32 Å². The van der Waals surface area contributed by atoms with Crippen LogP contribution >= 0.6 is 11.8 Å². The Morgan fingerprint density at radius 2 is 1.67 bits per heavy atom. The van der Waals surface area contributed by atoms with E-state index in [-0.39, 0.29) is 28.5 Å². The van der Waals surface area contributed by atoms with Gasteiger partial charge in [-0.1, -0.05) is 78.5 Å². The van der Waals surface area contributed by atoms with Crippen LogP contribution in [-0.4, -0.2) is 26.8 Å². The van der Waals surface area contributed by atoms with Gasteiger partial charge in [0.1, 0.15) is 0 Å². The van der Waals surface area contributed by atoms with Gasteiger partial charge < -0.3 is 9.73 Å². The fourth-order valence-corrected chi connectivity index (χ4v) is 3.94. The second-order valence-corrected chi connectivity index (χ2v) is 8.18. The number of anilines is 1. The lowest BCUT2D eigenvalue weighted by molar-refractivity contribution is -0.385. The van der Waals surface area contributed by atoms with E-state index in [1.807, 2.05) is 60.7 Å². The van der Waals surface area contributed by atoms with Crippen molar-refractivity contribution in [1.29, 1.82) is 0 Å². The Kier molecular flexibility index (Phi) is 6.80. The first-order chi connectivity index (χ1) is 16.0. The predicted octanol–water partition coefficient (Wildman–Crippen LogP) is 5.20. The number of carbonyl (C=O) groups excluding carboxylic acids is 1. The van der Waals surface area contributed by atoms with Gasteiger partial charge in [0.15, 0.2) is 0 Å². The number of benzene rings is 3. The van der Waals surface area contributed by atoms with E-state index in [1.54, 1.807) is 19.1 Å². The average Bonchev–Trinajstić information content (AvgIpc) is 3.29. The summed E-state index contributed by atoms with van der Waals surface area (Å²) in [5.74, 6) is -0.105. The van der Waals surface area contributed by atoms with Crippen LogP contribution in [0.1, 0.15) is 28.5 Å². The van der Waals surface area contributed by atoms with E-state index in [0.29, 0.717) is 17.1 Å². The second-order valence-electron chi connectivity index (χ2n) is 7.26. The van der Waals surface area contributed by atoms with E-state index in [0.717, 1.165) is 22.9 Å². The molecular weight excluding hydrogens is 440 g/mol. The van der Waals surface area contributed by atoms with Gasteiger partial charge in [-0.25, -0.2) is 0 Å². The summed E-state index contributed by atoms with van der Waals surface area (Å²) in [6, 6.07) is 24.3. The van der Waals surface area contributed by atoms with Crippen LogP contribution in [0.4, 0.5) is 11.4 Å². The van der Waals surface area contributed by atoms with Crippen molar-refractivity contribution in [3.63, 3.8) is 0 Å². The highest BCUT2D eigenvalue weighted by molar-refractivity contribution is 7.99. The van der Waals surface area contributed by atoms with Crippen LogP contribution in [-0.2, 0) is 4.79 Å². The molecule has 0 fully saturated rings. The predicted molar refractivity (Wildman–Crippen MR) is 125 cm³/mol. The summed E-state index contributed by atoms with van der Waals surface area (Å²) in [6.45, 7) is 1.64. The van der Waals surface area contributed by atoms with Crippen molar-refractivity contribution in [1.82, 2.24) is 10.2 Å². The van der Waals surface area contributed by atoms with Crippen molar-refractivity contribution in [2.45, 2.75) is 18.1 Å². The monoisotopic (exact) mass is 460 g/mol. The molecule has 9 heteroatoms. The Morgan fingerprint density at radius 1 is 1.03 bits per heavy atom. The van der Waals surface area contributed by atoms with Crippen molar-refractivity contribution in [2.75, 3.05) is 11.1 Å². The molecule has 1 amide bonds. The zero-order valence-corrected chi connectivity index (χ0v) is 18.5. The van der Waals surface area contributed by atoms with Crippen molar-refractivity contribution in [3.8, 4) is 0 Å². The Hall–Kier alpha value is -3.98. The molecule has 0 atom stereocenters. The zero-order valence-electron chi connectivity index (χ0n) is 17.7. The molecule has 3 aromatic carbocycles. The molecule has 4 rings (SSSR count). The van der Waals surface area contributed by atoms with E-state index < -0.39 is 4.92 Å². The largest absolute Gasteiger partial charge is 0.415 e. The molecule has 0 spiro atoms. The topological polar surface area (TPSA) is 111 Å². The number of nitro benzene ring substituents is 1. The number of rotatable bonds is 8. The molecule has 166 valence electrons. The number of hydrogen-bond donors (Lipinski definition) is 1. The Morgan fingerprint density at radius 3 is 2.27 bits per heavy atom. The van der Waals surface area contributed by atoms with Crippen LogP contribution in [0.15, 0.2) is 88.5 Å². The van der Waals surface area contributed by atoms with Gasteiger partial charge in [0, 0.05) is 17.3 Å².